The number of nitrogens with one attached hydrogen (secondary N) is 2. The SMILES string of the molecule is CCNC(=NCc1ccccc1C)NCCCCC(=O)OC.I. The van der Waals surface area contributed by atoms with Crippen LogP contribution in [0.4, 0.5) is 0 Å². The highest BCUT2D eigenvalue weighted by Crippen LogP contribution is 2.07. The third kappa shape index (κ3) is 9.43. The molecule has 1 aromatic carbocycles. The average Bonchev–Trinajstić information content (AvgIpc) is 2.53. The number of aliphatic imine (C=N–C) groups is 1. The third-order valence-corrected chi connectivity index (χ3v) is 3.34. The van der Waals surface area contributed by atoms with Gasteiger partial charge in [-0.25, -0.2) is 4.99 Å². The van der Waals surface area contributed by atoms with Crippen LogP contribution in [0.15, 0.2) is 29.3 Å². The number of aryl methyl sites for hydroxylation is 1. The second kappa shape index (κ2) is 13.2. The van der Waals surface area contributed by atoms with Crippen LogP contribution in [0.2, 0.25) is 0 Å². The van der Waals surface area contributed by atoms with Gasteiger partial charge in [0.1, 0.15) is 0 Å². The molecule has 1 rings (SSSR count). The van der Waals surface area contributed by atoms with E-state index < -0.39 is 0 Å². The summed E-state index contributed by atoms with van der Waals surface area (Å²) in [6.07, 6.45) is 2.19. The highest BCUT2D eigenvalue weighted by molar-refractivity contribution is 14.0. The lowest BCUT2D eigenvalue weighted by Gasteiger charge is -2.11. The van der Waals surface area contributed by atoms with Gasteiger partial charge in [-0.05, 0) is 37.8 Å². The largest absolute Gasteiger partial charge is 0.469 e. The summed E-state index contributed by atoms with van der Waals surface area (Å²) in [7, 11) is 1.42. The first-order valence-corrected chi connectivity index (χ1v) is 7.81. The molecule has 0 spiro atoms. The van der Waals surface area contributed by atoms with Crippen LogP contribution >= 0.6 is 24.0 Å². The van der Waals surface area contributed by atoms with E-state index in [9.17, 15) is 4.79 Å². The normalized spacial score (nSPS) is 10.7. The fraction of sp³-hybridized carbons (Fsp3) is 0.529. The summed E-state index contributed by atoms with van der Waals surface area (Å²) in [6, 6.07) is 8.26. The lowest BCUT2D eigenvalue weighted by atomic mass is 10.1. The first kappa shape index (κ1) is 21.7. The zero-order valence-corrected chi connectivity index (χ0v) is 16.6. The molecule has 0 radical (unpaired) electrons. The first-order chi connectivity index (χ1) is 10.7. The van der Waals surface area contributed by atoms with Gasteiger partial charge in [-0.3, -0.25) is 4.79 Å². The van der Waals surface area contributed by atoms with Crippen molar-refractivity contribution in [3.63, 3.8) is 0 Å². The minimum absolute atomic E-state index is 0. The molecule has 0 saturated carbocycles. The number of carbonyl (C=O) groups excluding carboxylic acids is 1. The number of hydrogen-bond acceptors (Lipinski definition) is 3. The molecule has 0 saturated heterocycles. The van der Waals surface area contributed by atoms with Crippen LogP contribution in [-0.2, 0) is 16.1 Å². The lowest BCUT2D eigenvalue weighted by molar-refractivity contribution is -0.140. The van der Waals surface area contributed by atoms with E-state index in [1.54, 1.807) is 0 Å². The smallest absolute Gasteiger partial charge is 0.305 e. The zero-order chi connectivity index (χ0) is 16.2. The van der Waals surface area contributed by atoms with E-state index in [1.165, 1.54) is 18.2 Å². The van der Waals surface area contributed by atoms with Crippen LogP contribution in [0.1, 0.15) is 37.3 Å². The van der Waals surface area contributed by atoms with Gasteiger partial charge in [-0.2, -0.15) is 0 Å². The number of carbonyl (C=O) groups is 1. The van der Waals surface area contributed by atoms with Crippen molar-refractivity contribution in [1.82, 2.24) is 10.6 Å². The van der Waals surface area contributed by atoms with Crippen LogP contribution in [-0.4, -0.2) is 32.1 Å². The number of benzene rings is 1. The molecular weight excluding hydrogens is 405 g/mol. The van der Waals surface area contributed by atoms with Crippen LogP contribution < -0.4 is 10.6 Å². The van der Waals surface area contributed by atoms with Gasteiger partial charge in [-0.15, -0.1) is 24.0 Å². The van der Waals surface area contributed by atoms with Crippen LogP contribution in [0.3, 0.4) is 0 Å². The Morgan fingerprint density at radius 2 is 1.96 bits per heavy atom. The highest BCUT2D eigenvalue weighted by atomic mass is 127. The summed E-state index contributed by atoms with van der Waals surface area (Å²) in [5.41, 5.74) is 2.48. The summed E-state index contributed by atoms with van der Waals surface area (Å²) in [5, 5.41) is 6.52. The molecule has 0 aliphatic carbocycles. The van der Waals surface area contributed by atoms with Gasteiger partial charge in [0, 0.05) is 19.5 Å². The molecule has 0 atom stereocenters. The monoisotopic (exact) mass is 433 g/mol. The quantitative estimate of drug-likeness (QED) is 0.218. The molecule has 6 heteroatoms. The Hall–Kier alpha value is -1.31. The van der Waals surface area contributed by atoms with Crippen molar-refractivity contribution < 1.29 is 9.53 Å². The minimum atomic E-state index is -0.153. The van der Waals surface area contributed by atoms with Crippen molar-refractivity contribution in [2.24, 2.45) is 4.99 Å². The summed E-state index contributed by atoms with van der Waals surface area (Å²) in [6.45, 7) is 6.41. The number of hydrogen-bond donors (Lipinski definition) is 2. The Morgan fingerprint density at radius 1 is 1.22 bits per heavy atom. The van der Waals surface area contributed by atoms with Crippen molar-refractivity contribution in [1.29, 1.82) is 0 Å². The number of methoxy groups -OCH3 is 1. The molecule has 130 valence electrons. The summed E-state index contributed by atoms with van der Waals surface area (Å²) >= 11 is 0. The fourth-order valence-corrected chi connectivity index (χ4v) is 2.00. The molecule has 0 aliphatic heterocycles. The Bertz CT molecular complexity index is 492. The van der Waals surface area contributed by atoms with Crippen molar-refractivity contribution in [3.05, 3.63) is 35.4 Å². The van der Waals surface area contributed by atoms with Crippen molar-refractivity contribution in [2.45, 2.75) is 39.7 Å². The molecular formula is C17H28IN3O2. The first-order valence-electron chi connectivity index (χ1n) is 7.81. The van der Waals surface area contributed by atoms with Crippen molar-refractivity contribution in [2.75, 3.05) is 20.2 Å². The summed E-state index contributed by atoms with van der Waals surface area (Å²) < 4.78 is 4.62. The van der Waals surface area contributed by atoms with Crippen LogP contribution in [0.5, 0.6) is 0 Å². The maximum atomic E-state index is 11.0. The van der Waals surface area contributed by atoms with Gasteiger partial charge in [0.2, 0.25) is 0 Å². The number of rotatable bonds is 8. The van der Waals surface area contributed by atoms with E-state index >= 15 is 0 Å². The van der Waals surface area contributed by atoms with Crippen molar-refractivity contribution in [3.8, 4) is 0 Å². The Kier molecular flexibility index (Phi) is 12.4. The molecule has 23 heavy (non-hydrogen) atoms. The molecule has 0 bridgehead atoms. The molecule has 2 N–H and O–H groups in total. The standard InChI is InChI=1S/C17H27N3O2.HI/c1-4-18-17(19-12-8-7-11-16(21)22-3)20-13-15-10-6-5-9-14(15)2;/h5-6,9-10H,4,7-8,11-13H2,1-3H3,(H2,18,19,20);1H. The predicted octanol–water partition coefficient (Wildman–Crippen LogP) is 3.01. The maximum absolute atomic E-state index is 11.0. The molecule has 0 fully saturated rings. The molecule has 0 aliphatic rings. The number of unbranched alkanes of at least 4 members (excludes halogenated alkanes) is 1. The third-order valence-electron chi connectivity index (χ3n) is 3.34. The minimum Gasteiger partial charge on any atom is -0.469 e. The van der Waals surface area contributed by atoms with E-state index in [2.05, 4.69) is 39.4 Å². The summed E-state index contributed by atoms with van der Waals surface area (Å²) in [4.78, 5) is 15.6. The van der Waals surface area contributed by atoms with Gasteiger partial charge in [0.25, 0.3) is 0 Å². The maximum Gasteiger partial charge on any atom is 0.305 e. The lowest BCUT2D eigenvalue weighted by Crippen LogP contribution is -2.37. The number of halogens is 1. The Balaban J connectivity index is 0.00000484. The van der Waals surface area contributed by atoms with Crippen molar-refractivity contribution >= 4 is 35.9 Å². The second-order valence-corrected chi connectivity index (χ2v) is 5.08. The van der Waals surface area contributed by atoms with Gasteiger partial charge in [0.15, 0.2) is 5.96 Å². The van der Waals surface area contributed by atoms with Gasteiger partial charge in [-0.1, -0.05) is 24.3 Å². The van der Waals surface area contributed by atoms with Crippen LogP contribution in [0.25, 0.3) is 0 Å². The van der Waals surface area contributed by atoms with Crippen LogP contribution in [0, 0.1) is 6.92 Å². The van der Waals surface area contributed by atoms with Gasteiger partial charge >= 0.3 is 5.97 Å². The number of ether oxygens (including phenoxy) is 1. The second-order valence-electron chi connectivity index (χ2n) is 5.08. The van der Waals surface area contributed by atoms with E-state index in [-0.39, 0.29) is 29.9 Å². The molecule has 5 nitrogen and oxygen atoms in total. The number of nitrogens with zero attached hydrogens (tertiary/aromatic N) is 1. The van der Waals surface area contributed by atoms with E-state index in [0.29, 0.717) is 13.0 Å². The van der Waals surface area contributed by atoms with Gasteiger partial charge < -0.3 is 15.4 Å². The molecule has 0 unspecified atom stereocenters. The highest BCUT2D eigenvalue weighted by Gasteiger charge is 2.01. The van der Waals surface area contributed by atoms with Gasteiger partial charge in [0.05, 0.1) is 13.7 Å². The summed E-state index contributed by atoms with van der Waals surface area (Å²) in [5.74, 6) is 0.656. The zero-order valence-electron chi connectivity index (χ0n) is 14.2. The fourth-order valence-electron chi connectivity index (χ4n) is 2.00. The number of esters is 1. The molecule has 0 aromatic heterocycles. The van der Waals surface area contributed by atoms with E-state index in [0.717, 1.165) is 31.9 Å². The molecule has 0 heterocycles. The predicted molar refractivity (Wildman–Crippen MR) is 105 cm³/mol. The molecule has 0 amide bonds. The Morgan fingerprint density at radius 3 is 2.61 bits per heavy atom. The van der Waals surface area contributed by atoms with E-state index in [1.807, 2.05) is 19.1 Å². The number of guanidine groups is 1. The Labute approximate surface area is 156 Å². The van der Waals surface area contributed by atoms with E-state index in [4.69, 9.17) is 0 Å². The molecule has 1 aromatic rings. The topological polar surface area (TPSA) is 62.7 Å². The average molecular weight is 433 g/mol.